The van der Waals surface area contributed by atoms with E-state index >= 15 is 0 Å². The van der Waals surface area contributed by atoms with Crippen molar-refractivity contribution in [3.63, 3.8) is 0 Å². The van der Waals surface area contributed by atoms with Gasteiger partial charge in [0.2, 0.25) is 11.6 Å². The highest BCUT2D eigenvalue weighted by Gasteiger charge is 2.17. The van der Waals surface area contributed by atoms with Crippen LogP contribution in [-0.4, -0.2) is 28.7 Å². The molecule has 1 aromatic carbocycles. The molecule has 1 rings (SSSR count). The summed E-state index contributed by atoms with van der Waals surface area (Å²) < 4.78 is 0. The molecule has 1 aromatic rings. The Morgan fingerprint density at radius 3 is 2.22 bits per heavy atom. The van der Waals surface area contributed by atoms with Crippen molar-refractivity contribution in [1.29, 1.82) is 0 Å². The van der Waals surface area contributed by atoms with Gasteiger partial charge in [0.05, 0.1) is 0 Å². The molecular weight excluding hydrogens is 234 g/mol. The summed E-state index contributed by atoms with van der Waals surface area (Å²) in [5.74, 6) is -1.90. The van der Waals surface area contributed by atoms with Gasteiger partial charge in [0.1, 0.15) is 0 Å². The summed E-state index contributed by atoms with van der Waals surface area (Å²) in [5.41, 5.74) is 4.62. The zero-order valence-electron chi connectivity index (χ0n) is 10.2. The van der Waals surface area contributed by atoms with Gasteiger partial charge < -0.3 is 10.8 Å². The Balaban J connectivity index is 2.77. The predicted molar refractivity (Wildman–Crippen MR) is 64.1 cm³/mol. The van der Waals surface area contributed by atoms with Crippen molar-refractivity contribution >= 4 is 17.5 Å². The first-order valence-electron chi connectivity index (χ1n) is 5.68. The number of benzene rings is 1. The molecule has 96 valence electrons. The van der Waals surface area contributed by atoms with Crippen molar-refractivity contribution in [2.24, 2.45) is 0 Å². The Labute approximate surface area is 105 Å². The van der Waals surface area contributed by atoms with E-state index in [0.717, 1.165) is 5.56 Å². The maximum atomic E-state index is 11.6. The van der Waals surface area contributed by atoms with E-state index in [1.165, 1.54) is 0 Å². The molecule has 0 aliphatic rings. The predicted octanol–water partition coefficient (Wildman–Crippen LogP) is 0.0860. The average Bonchev–Trinajstić information content (AvgIpc) is 2.37. The number of hydrogen-bond acceptors (Lipinski definition) is 3. The van der Waals surface area contributed by atoms with Gasteiger partial charge in [-0.3, -0.25) is 9.59 Å². The number of rotatable bonds is 6. The molecule has 4 N–H and O–H groups in total. The van der Waals surface area contributed by atoms with Crippen LogP contribution in [0, 0.1) is 0 Å². The lowest BCUT2D eigenvalue weighted by molar-refractivity contribution is -0.407. The second kappa shape index (κ2) is 6.07. The van der Waals surface area contributed by atoms with E-state index in [1.807, 2.05) is 0 Å². The molecule has 0 aromatic heterocycles. The van der Waals surface area contributed by atoms with Crippen molar-refractivity contribution in [3.05, 3.63) is 35.4 Å². The lowest BCUT2D eigenvalue weighted by atomic mass is 10.0. The maximum absolute atomic E-state index is 11.6. The molecular formula is C13H16NO4+. The number of carbonyl (C=O) groups is 3. The van der Waals surface area contributed by atoms with Crippen LogP contribution in [0.3, 0.4) is 0 Å². The van der Waals surface area contributed by atoms with Crippen LogP contribution in [0.5, 0.6) is 0 Å². The Hall–Kier alpha value is -2.01. The zero-order valence-corrected chi connectivity index (χ0v) is 10.2. The highest BCUT2D eigenvalue weighted by molar-refractivity contribution is 6.43. The topological polar surface area (TPSA) is 99.1 Å². The first-order chi connectivity index (χ1) is 8.45. The van der Waals surface area contributed by atoms with E-state index in [2.05, 4.69) is 5.73 Å². The van der Waals surface area contributed by atoms with Crippen molar-refractivity contribution in [3.8, 4) is 0 Å². The molecule has 0 spiro atoms. The van der Waals surface area contributed by atoms with E-state index in [1.54, 1.807) is 31.2 Å². The lowest BCUT2D eigenvalue weighted by Gasteiger charge is -2.04. The summed E-state index contributed by atoms with van der Waals surface area (Å²) in [5, 5.41) is 8.73. The summed E-state index contributed by atoms with van der Waals surface area (Å²) in [6.07, 6.45) is 0.478. The van der Waals surface area contributed by atoms with Gasteiger partial charge >= 0.3 is 5.97 Å². The molecule has 0 radical (unpaired) electrons. The first kappa shape index (κ1) is 14.1. The second-order valence-corrected chi connectivity index (χ2v) is 4.04. The summed E-state index contributed by atoms with van der Waals surface area (Å²) in [6.45, 7) is 1.63. The number of carbonyl (C=O) groups excluding carboxylic acids is 2. The van der Waals surface area contributed by atoms with Gasteiger partial charge in [0, 0.05) is 18.4 Å². The van der Waals surface area contributed by atoms with Crippen LogP contribution in [0.15, 0.2) is 24.3 Å². The summed E-state index contributed by atoms with van der Waals surface area (Å²) in [7, 11) is 0. The molecule has 5 heteroatoms. The van der Waals surface area contributed by atoms with Crippen LogP contribution < -0.4 is 5.73 Å². The quantitative estimate of drug-likeness (QED) is 0.552. The van der Waals surface area contributed by atoms with E-state index in [4.69, 9.17) is 5.11 Å². The molecule has 1 unspecified atom stereocenters. The standard InChI is InChI=1S/C13H15NO4/c1-2-11(15)12(16)9-5-3-8(4-6-9)7-10(14)13(17)18/h3-6,10H,2,7,14H2,1H3,(H,17,18)/p+1. The molecule has 1 atom stereocenters. The first-order valence-corrected chi connectivity index (χ1v) is 5.68. The molecule has 0 heterocycles. The molecule has 0 saturated heterocycles. The lowest BCUT2D eigenvalue weighted by Crippen LogP contribution is -2.65. The molecule has 5 nitrogen and oxygen atoms in total. The van der Waals surface area contributed by atoms with Crippen LogP contribution in [-0.2, 0) is 16.0 Å². The number of Topliss-reactive ketones (excluding diaryl/α,β-unsaturated/α-hetero) is 2. The van der Waals surface area contributed by atoms with Gasteiger partial charge in [-0.25, -0.2) is 4.79 Å². The fourth-order valence-corrected chi connectivity index (χ4v) is 1.49. The van der Waals surface area contributed by atoms with Crippen LogP contribution >= 0.6 is 0 Å². The van der Waals surface area contributed by atoms with Crippen molar-refractivity contribution in [2.75, 3.05) is 0 Å². The number of carboxylic acid groups (broad SMARTS) is 1. The summed E-state index contributed by atoms with van der Waals surface area (Å²) in [6, 6.07) is 5.66. The fourth-order valence-electron chi connectivity index (χ4n) is 1.49. The van der Waals surface area contributed by atoms with Crippen LogP contribution in [0.25, 0.3) is 0 Å². The Morgan fingerprint density at radius 2 is 1.78 bits per heavy atom. The highest BCUT2D eigenvalue weighted by atomic mass is 16.4. The van der Waals surface area contributed by atoms with Crippen molar-refractivity contribution in [2.45, 2.75) is 25.8 Å². The molecule has 0 amide bonds. The summed E-state index contributed by atoms with van der Waals surface area (Å²) >= 11 is 0. The van der Waals surface area contributed by atoms with Crippen LogP contribution in [0.4, 0.5) is 0 Å². The molecule has 0 bridgehead atoms. The van der Waals surface area contributed by atoms with Crippen molar-refractivity contribution < 1.29 is 25.2 Å². The maximum Gasteiger partial charge on any atom is 0.362 e. The number of carboxylic acids is 1. The smallest absolute Gasteiger partial charge is 0.362 e. The minimum absolute atomic E-state index is 0.181. The van der Waals surface area contributed by atoms with Gasteiger partial charge in [-0.15, -0.1) is 0 Å². The number of ketones is 2. The molecule has 18 heavy (non-hydrogen) atoms. The largest absolute Gasteiger partial charge is 0.477 e. The third-order valence-electron chi connectivity index (χ3n) is 2.62. The molecule has 0 aliphatic carbocycles. The third-order valence-corrected chi connectivity index (χ3v) is 2.62. The van der Waals surface area contributed by atoms with E-state index in [0.29, 0.717) is 12.0 Å². The molecule has 0 aliphatic heterocycles. The van der Waals surface area contributed by atoms with Crippen LogP contribution in [0.2, 0.25) is 0 Å². The van der Waals surface area contributed by atoms with E-state index in [9.17, 15) is 14.4 Å². The Bertz CT molecular complexity index is 464. The van der Waals surface area contributed by atoms with E-state index < -0.39 is 23.6 Å². The highest BCUT2D eigenvalue weighted by Crippen LogP contribution is 2.08. The van der Waals surface area contributed by atoms with Gasteiger partial charge in [0.15, 0.2) is 6.04 Å². The minimum Gasteiger partial charge on any atom is -0.477 e. The molecule has 0 saturated carbocycles. The zero-order chi connectivity index (χ0) is 13.7. The van der Waals surface area contributed by atoms with E-state index in [-0.39, 0.29) is 6.42 Å². The fraction of sp³-hybridized carbons (Fsp3) is 0.308. The second-order valence-electron chi connectivity index (χ2n) is 4.04. The third kappa shape index (κ3) is 3.49. The van der Waals surface area contributed by atoms with Gasteiger partial charge in [-0.1, -0.05) is 31.2 Å². The van der Waals surface area contributed by atoms with Crippen molar-refractivity contribution in [1.82, 2.24) is 0 Å². The van der Waals surface area contributed by atoms with Crippen LogP contribution in [0.1, 0.15) is 29.3 Å². The number of quaternary nitrogens is 1. The number of hydrogen-bond donors (Lipinski definition) is 2. The average molecular weight is 250 g/mol. The Kier molecular flexibility index (Phi) is 4.74. The van der Waals surface area contributed by atoms with Gasteiger partial charge in [-0.2, -0.15) is 0 Å². The SMILES string of the molecule is CCC(=O)C(=O)c1ccc(CC([NH3+])C(=O)O)cc1. The van der Waals surface area contributed by atoms with Gasteiger partial charge in [-0.05, 0) is 5.56 Å². The van der Waals surface area contributed by atoms with Gasteiger partial charge in [0.25, 0.3) is 0 Å². The normalized spacial score (nSPS) is 11.9. The molecule has 0 fully saturated rings. The minimum atomic E-state index is -0.962. The number of aliphatic carboxylic acids is 1. The Morgan fingerprint density at radius 1 is 1.22 bits per heavy atom. The summed E-state index contributed by atoms with van der Waals surface area (Å²) in [4.78, 5) is 33.4. The monoisotopic (exact) mass is 250 g/mol.